The van der Waals surface area contributed by atoms with Crippen molar-refractivity contribution in [1.29, 1.82) is 0 Å². The van der Waals surface area contributed by atoms with Gasteiger partial charge in [-0.3, -0.25) is 4.90 Å². The van der Waals surface area contributed by atoms with Crippen LogP contribution in [-0.2, 0) is 4.74 Å². The van der Waals surface area contributed by atoms with Crippen molar-refractivity contribution in [3.05, 3.63) is 0 Å². The standard InChI is InChI=1S/C9H20N2O/c1-3-4-11-5-6-12-9(7-11)8(2)10/h8-9H,3-7,10H2,1-2H3/t8-,9?/m1/s1. The summed E-state index contributed by atoms with van der Waals surface area (Å²) < 4.78 is 5.55. The van der Waals surface area contributed by atoms with E-state index in [2.05, 4.69) is 11.8 Å². The first kappa shape index (κ1) is 9.96. The Hall–Kier alpha value is -0.120. The van der Waals surface area contributed by atoms with Crippen molar-refractivity contribution in [2.24, 2.45) is 5.73 Å². The number of morpholine rings is 1. The Morgan fingerprint density at radius 2 is 2.42 bits per heavy atom. The summed E-state index contributed by atoms with van der Waals surface area (Å²) >= 11 is 0. The minimum absolute atomic E-state index is 0.157. The SMILES string of the molecule is CCCN1CCOC([C@@H](C)N)C1. The molecule has 0 spiro atoms. The van der Waals surface area contributed by atoms with Crippen molar-refractivity contribution in [1.82, 2.24) is 4.90 Å². The summed E-state index contributed by atoms with van der Waals surface area (Å²) in [6, 6.07) is 0.157. The number of hydrogen-bond acceptors (Lipinski definition) is 3. The molecule has 0 aromatic rings. The Morgan fingerprint density at radius 1 is 1.67 bits per heavy atom. The number of hydrogen-bond donors (Lipinski definition) is 1. The summed E-state index contributed by atoms with van der Waals surface area (Å²) in [5.74, 6) is 0. The van der Waals surface area contributed by atoms with Crippen molar-refractivity contribution >= 4 is 0 Å². The summed E-state index contributed by atoms with van der Waals surface area (Å²) in [5.41, 5.74) is 5.77. The number of nitrogens with zero attached hydrogens (tertiary/aromatic N) is 1. The van der Waals surface area contributed by atoms with Crippen LogP contribution in [0, 0.1) is 0 Å². The van der Waals surface area contributed by atoms with Gasteiger partial charge in [-0.1, -0.05) is 6.92 Å². The van der Waals surface area contributed by atoms with Crippen molar-refractivity contribution < 1.29 is 4.74 Å². The molecule has 1 fully saturated rings. The highest BCUT2D eigenvalue weighted by molar-refractivity contribution is 4.77. The van der Waals surface area contributed by atoms with Gasteiger partial charge >= 0.3 is 0 Å². The van der Waals surface area contributed by atoms with Gasteiger partial charge < -0.3 is 10.5 Å². The molecule has 1 rings (SSSR count). The molecule has 0 aromatic heterocycles. The van der Waals surface area contributed by atoms with Gasteiger partial charge in [0.1, 0.15) is 0 Å². The van der Waals surface area contributed by atoms with Crippen LogP contribution in [-0.4, -0.2) is 43.3 Å². The van der Waals surface area contributed by atoms with E-state index in [1.54, 1.807) is 0 Å². The average Bonchev–Trinajstić information content (AvgIpc) is 2.05. The van der Waals surface area contributed by atoms with Crippen LogP contribution >= 0.6 is 0 Å². The highest BCUT2D eigenvalue weighted by Crippen LogP contribution is 2.07. The second-order valence-electron chi connectivity index (χ2n) is 3.57. The summed E-state index contributed by atoms with van der Waals surface area (Å²) in [4.78, 5) is 2.43. The van der Waals surface area contributed by atoms with Crippen LogP contribution in [0.25, 0.3) is 0 Å². The van der Waals surface area contributed by atoms with Crippen LogP contribution in [0.15, 0.2) is 0 Å². The second kappa shape index (κ2) is 4.80. The monoisotopic (exact) mass is 172 g/mol. The molecule has 3 nitrogen and oxygen atoms in total. The fourth-order valence-corrected chi connectivity index (χ4v) is 1.57. The van der Waals surface area contributed by atoms with E-state index in [1.165, 1.54) is 13.0 Å². The van der Waals surface area contributed by atoms with Gasteiger partial charge in [0.2, 0.25) is 0 Å². The molecule has 12 heavy (non-hydrogen) atoms. The molecule has 72 valence electrons. The van der Waals surface area contributed by atoms with Crippen molar-refractivity contribution in [3.8, 4) is 0 Å². The van der Waals surface area contributed by atoms with Gasteiger partial charge in [-0.2, -0.15) is 0 Å². The molecule has 1 aliphatic heterocycles. The Labute approximate surface area is 74.9 Å². The van der Waals surface area contributed by atoms with Gasteiger partial charge in [-0.25, -0.2) is 0 Å². The molecule has 0 saturated carbocycles. The first-order valence-electron chi connectivity index (χ1n) is 4.83. The quantitative estimate of drug-likeness (QED) is 0.671. The molecule has 0 bridgehead atoms. The predicted molar refractivity (Wildman–Crippen MR) is 50.1 cm³/mol. The second-order valence-corrected chi connectivity index (χ2v) is 3.57. The zero-order chi connectivity index (χ0) is 8.97. The molecule has 1 saturated heterocycles. The van der Waals surface area contributed by atoms with Crippen LogP contribution in [0.2, 0.25) is 0 Å². The maximum atomic E-state index is 5.77. The van der Waals surface area contributed by atoms with Crippen LogP contribution in [0.5, 0.6) is 0 Å². The van der Waals surface area contributed by atoms with Crippen molar-refractivity contribution in [2.45, 2.75) is 32.4 Å². The molecule has 1 heterocycles. The van der Waals surface area contributed by atoms with E-state index < -0.39 is 0 Å². The van der Waals surface area contributed by atoms with Gasteiger partial charge in [0.15, 0.2) is 0 Å². The van der Waals surface area contributed by atoms with Gasteiger partial charge in [-0.05, 0) is 19.9 Å². The minimum atomic E-state index is 0.157. The summed E-state index contributed by atoms with van der Waals surface area (Å²) in [7, 11) is 0. The van der Waals surface area contributed by atoms with E-state index in [0.29, 0.717) is 0 Å². The molecular weight excluding hydrogens is 152 g/mol. The number of ether oxygens (including phenoxy) is 1. The summed E-state index contributed by atoms with van der Waals surface area (Å²) in [6.07, 6.45) is 1.45. The Morgan fingerprint density at radius 3 is 3.00 bits per heavy atom. The van der Waals surface area contributed by atoms with E-state index in [1.807, 2.05) is 6.92 Å². The minimum Gasteiger partial charge on any atom is -0.374 e. The third-order valence-electron chi connectivity index (χ3n) is 2.30. The van der Waals surface area contributed by atoms with Crippen molar-refractivity contribution in [3.63, 3.8) is 0 Å². The lowest BCUT2D eigenvalue weighted by molar-refractivity contribution is -0.0374. The molecule has 0 amide bonds. The van der Waals surface area contributed by atoms with Gasteiger partial charge in [0, 0.05) is 19.1 Å². The number of nitrogens with two attached hydrogens (primary N) is 1. The van der Waals surface area contributed by atoms with E-state index in [4.69, 9.17) is 10.5 Å². The van der Waals surface area contributed by atoms with E-state index in [0.717, 1.165) is 19.7 Å². The maximum Gasteiger partial charge on any atom is 0.0850 e. The molecule has 2 atom stereocenters. The Bertz CT molecular complexity index is 126. The van der Waals surface area contributed by atoms with E-state index >= 15 is 0 Å². The fraction of sp³-hybridized carbons (Fsp3) is 1.00. The average molecular weight is 172 g/mol. The molecule has 1 unspecified atom stereocenters. The van der Waals surface area contributed by atoms with E-state index in [-0.39, 0.29) is 12.1 Å². The van der Waals surface area contributed by atoms with Gasteiger partial charge in [-0.15, -0.1) is 0 Å². The molecule has 1 aliphatic rings. The fourth-order valence-electron chi connectivity index (χ4n) is 1.57. The molecular formula is C9H20N2O. The van der Waals surface area contributed by atoms with Gasteiger partial charge in [0.25, 0.3) is 0 Å². The topological polar surface area (TPSA) is 38.5 Å². The molecule has 0 aromatic carbocycles. The molecule has 2 N–H and O–H groups in total. The number of rotatable bonds is 3. The third kappa shape index (κ3) is 2.73. The molecule has 0 radical (unpaired) electrons. The lowest BCUT2D eigenvalue weighted by Crippen LogP contribution is -2.49. The largest absolute Gasteiger partial charge is 0.374 e. The summed E-state index contributed by atoms with van der Waals surface area (Å²) in [5, 5.41) is 0. The Kier molecular flexibility index (Phi) is 3.98. The lowest BCUT2D eigenvalue weighted by Gasteiger charge is -2.34. The highest BCUT2D eigenvalue weighted by atomic mass is 16.5. The zero-order valence-corrected chi connectivity index (χ0v) is 8.12. The predicted octanol–water partition coefficient (Wildman–Crippen LogP) is 0.444. The zero-order valence-electron chi connectivity index (χ0n) is 8.12. The maximum absolute atomic E-state index is 5.77. The highest BCUT2D eigenvalue weighted by Gasteiger charge is 2.22. The lowest BCUT2D eigenvalue weighted by atomic mass is 10.1. The van der Waals surface area contributed by atoms with E-state index in [9.17, 15) is 0 Å². The van der Waals surface area contributed by atoms with Crippen LogP contribution in [0.3, 0.4) is 0 Å². The van der Waals surface area contributed by atoms with Crippen molar-refractivity contribution in [2.75, 3.05) is 26.2 Å². The normalized spacial score (nSPS) is 28.8. The van der Waals surface area contributed by atoms with Crippen LogP contribution in [0.1, 0.15) is 20.3 Å². The first-order valence-corrected chi connectivity index (χ1v) is 4.83. The summed E-state index contributed by atoms with van der Waals surface area (Å²) in [6.45, 7) is 8.30. The molecule has 3 heteroatoms. The van der Waals surface area contributed by atoms with Gasteiger partial charge in [0.05, 0.1) is 12.7 Å². The molecule has 0 aliphatic carbocycles. The Balaban J connectivity index is 2.30. The van der Waals surface area contributed by atoms with Crippen LogP contribution < -0.4 is 5.73 Å². The van der Waals surface area contributed by atoms with Crippen LogP contribution in [0.4, 0.5) is 0 Å². The smallest absolute Gasteiger partial charge is 0.0850 e. The third-order valence-corrected chi connectivity index (χ3v) is 2.30. The first-order chi connectivity index (χ1) is 5.74.